The van der Waals surface area contributed by atoms with Gasteiger partial charge in [-0.3, -0.25) is 14.4 Å². The molecular formula is C28H39F2N5O5. The van der Waals surface area contributed by atoms with E-state index in [-0.39, 0.29) is 41.0 Å². The zero-order valence-electron chi connectivity index (χ0n) is 23.7. The van der Waals surface area contributed by atoms with Gasteiger partial charge in [0.1, 0.15) is 24.2 Å². The number of fused-ring (bicyclic) bond motifs is 1. The summed E-state index contributed by atoms with van der Waals surface area (Å²) in [5, 5.41) is 18.2. The van der Waals surface area contributed by atoms with E-state index in [0.29, 0.717) is 13.0 Å². The molecule has 5 fully saturated rings. The van der Waals surface area contributed by atoms with E-state index in [1.54, 1.807) is 20.8 Å². The van der Waals surface area contributed by atoms with E-state index in [1.807, 2.05) is 13.8 Å². The number of ether oxygens (including phenoxy) is 1. The second kappa shape index (κ2) is 9.28. The molecule has 1 spiro atoms. The Labute approximate surface area is 232 Å². The third-order valence-electron chi connectivity index (χ3n) is 9.70. The van der Waals surface area contributed by atoms with Crippen LogP contribution in [0.15, 0.2) is 0 Å². The van der Waals surface area contributed by atoms with Gasteiger partial charge in [-0.2, -0.15) is 5.26 Å². The minimum absolute atomic E-state index is 0.0767. The van der Waals surface area contributed by atoms with Crippen molar-refractivity contribution in [1.82, 2.24) is 20.9 Å². The third-order valence-corrected chi connectivity index (χ3v) is 9.70. The molecule has 3 saturated carbocycles. The summed E-state index contributed by atoms with van der Waals surface area (Å²) in [5.41, 5.74) is -1.09. The normalized spacial score (nSPS) is 32.1. The van der Waals surface area contributed by atoms with Crippen molar-refractivity contribution in [1.29, 1.82) is 5.26 Å². The molecule has 0 aromatic heterocycles. The van der Waals surface area contributed by atoms with E-state index in [4.69, 9.17) is 4.74 Å². The number of hydrogen-bond donors (Lipinski definition) is 3. The summed E-state index contributed by atoms with van der Waals surface area (Å²) in [6.45, 7) is 9.67. The van der Waals surface area contributed by atoms with Crippen molar-refractivity contribution in [2.45, 2.75) is 109 Å². The van der Waals surface area contributed by atoms with Gasteiger partial charge in [-0.25, -0.2) is 13.6 Å². The van der Waals surface area contributed by atoms with Crippen molar-refractivity contribution in [3.8, 4) is 6.07 Å². The van der Waals surface area contributed by atoms with Crippen molar-refractivity contribution in [3.05, 3.63) is 0 Å². The Morgan fingerprint density at radius 1 is 1.18 bits per heavy atom. The second-order valence-electron chi connectivity index (χ2n) is 14.2. The minimum atomic E-state index is -2.85. The van der Waals surface area contributed by atoms with Crippen LogP contribution in [0.4, 0.5) is 13.6 Å². The van der Waals surface area contributed by atoms with Crippen molar-refractivity contribution < 1.29 is 32.7 Å². The topological polar surface area (TPSA) is 141 Å². The second-order valence-corrected chi connectivity index (χ2v) is 14.2. The van der Waals surface area contributed by atoms with Gasteiger partial charge < -0.3 is 25.6 Å². The molecule has 2 saturated heterocycles. The Kier molecular flexibility index (Phi) is 6.62. The highest BCUT2D eigenvalue weighted by molar-refractivity contribution is 5.93. The molecular weight excluding hydrogens is 524 g/mol. The zero-order chi connectivity index (χ0) is 29.4. The standard InChI is InChI=1S/C28H39F2N5O5/c1-25(2,3)20(33-24(39)40-16-10-28(29,30)11-16)23(38)35-13-17-18(26(17,4)5)19(35)22(37)32-15(12-31)8-14-9-27(6-7-27)34-21(14)36/h14-20H,6-11,13H2,1-5H3,(H,32,37)(H,33,39)(H,34,36). The number of nitrogens with zero attached hydrogens (tertiary/aromatic N) is 2. The van der Waals surface area contributed by atoms with Gasteiger partial charge in [0.2, 0.25) is 17.7 Å². The molecule has 40 heavy (non-hydrogen) atoms. The monoisotopic (exact) mass is 563 g/mol. The fraction of sp³-hybridized carbons (Fsp3) is 0.821. The Balaban J connectivity index is 1.27. The summed E-state index contributed by atoms with van der Waals surface area (Å²) in [6, 6.07) is -0.690. The smallest absolute Gasteiger partial charge is 0.408 e. The fourth-order valence-corrected chi connectivity index (χ4v) is 6.96. The molecule has 0 aromatic rings. The maximum absolute atomic E-state index is 13.9. The van der Waals surface area contributed by atoms with E-state index in [2.05, 4.69) is 22.0 Å². The number of alkyl halides is 2. The molecule has 0 radical (unpaired) electrons. The van der Waals surface area contributed by atoms with Crippen LogP contribution in [0.1, 0.15) is 73.1 Å². The van der Waals surface area contributed by atoms with Crippen molar-refractivity contribution >= 4 is 23.8 Å². The summed E-state index contributed by atoms with van der Waals surface area (Å²) < 4.78 is 31.5. The highest BCUT2D eigenvalue weighted by Gasteiger charge is 2.70. The Bertz CT molecular complexity index is 1150. The van der Waals surface area contributed by atoms with E-state index in [1.165, 1.54) is 4.90 Å². The highest BCUT2D eigenvalue weighted by Crippen LogP contribution is 2.65. The first-order chi connectivity index (χ1) is 18.5. The van der Waals surface area contributed by atoms with Crippen LogP contribution in [0.25, 0.3) is 0 Å². The first kappa shape index (κ1) is 28.6. The van der Waals surface area contributed by atoms with Crippen molar-refractivity contribution in [2.24, 2.45) is 28.6 Å². The lowest BCUT2D eigenvalue weighted by molar-refractivity contribution is -0.148. The number of halogens is 2. The van der Waals surface area contributed by atoms with Crippen LogP contribution in [0, 0.1) is 39.9 Å². The van der Waals surface area contributed by atoms with E-state index < -0.39 is 66.3 Å². The number of carbonyl (C=O) groups is 4. The molecule has 2 aliphatic heterocycles. The molecule has 3 aliphatic carbocycles. The van der Waals surface area contributed by atoms with Crippen molar-refractivity contribution in [2.75, 3.05) is 6.54 Å². The molecule has 2 heterocycles. The van der Waals surface area contributed by atoms with Gasteiger partial charge in [0.25, 0.3) is 5.92 Å². The van der Waals surface area contributed by atoms with Crippen LogP contribution in [-0.4, -0.2) is 71.0 Å². The number of piperidine rings is 1. The van der Waals surface area contributed by atoms with Crippen molar-refractivity contribution in [3.63, 3.8) is 0 Å². The van der Waals surface area contributed by atoms with E-state index >= 15 is 0 Å². The summed E-state index contributed by atoms with van der Waals surface area (Å²) in [7, 11) is 0. The first-order valence-corrected chi connectivity index (χ1v) is 14.1. The van der Waals surface area contributed by atoms with Crippen LogP contribution in [0.5, 0.6) is 0 Å². The minimum Gasteiger partial charge on any atom is -0.446 e. The maximum atomic E-state index is 13.9. The molecule has 0 aromatic carbocycles. The molecule has 220 valence electrons. The average molecular weight is 564 g/mol. The Morgan fingerprint density at radius 2 is 1.82 bits per heavy atom. The third kappa shape index (κ3) is 5.23. The molecule has 10 nitrogen and oxygen atoms in total. The van der Waals surface area contributed by atoms with Gasteiger partial charge in [0.15, 0.2) is 0 Å². The number of nitriles is 1. The molecule has 6 unspecified atom stereocenters. The van der Waals surface area contributed by atoms with Crippen LogP contribution in [-0.2, 0) is 19.1 Å². The molecule has 6 atom stereocenters. The SMILES string of the molecule is CC(C)(C)C(NC(=O)OC1CC(F)(F)C1)C(=O)N1CC2C(C1C(=O)NC(C#N)CC1CC3(CC3)NC1=O)C2(C)C. The molecule has 5 rings (SSSR count). The molecule has 0 bridgehead atoms. The molecule has 12 heteroatoms. The van der Waals surface area contributed by atoms with Gasteiger partial charge >= 0.3 is 6.09 Å². The average Bonchev–Trinajstić information content (AvgIpc) is 3.53. The van der Waals surface area contributed by atoms with E-state index in [9.17, 15) is 33.2 Å². The van der Waals surface area contributed by atoms with Gasteiger partial charge in [0, 0.05) is 30.8 Å². The van der Waals surface area contributed by atoms with Gasteiger partial charge in [-0.05, 0) is 48.3 Å². The van der Waals surface area contributed by atoms with Crippen LogP contribution >= 0.6 is 0 Å². The quantitative estimate of drug-likeness (QED) is 0.435. The molecule has 4 amide bonds. The Morgan fingerprint density at radius 3 is 2.35 bits per heavy atom. The summed E-state index contributed by atoms with van der Waals surface area (Å²) in [4.78, 5) is 54.0. The van der Waals surface area contributed by atoms with Gasteiger partial charge in [0.05, 0.1) is 6.07 Å². The lowest BCUT2D eigenvalue weighted by atomic mass is 9.85. The number of hydrogen-bond acceptors (Lipinski definition) is 6. The molecule has 5 aliphatic rings. The van der Waals surface area contributed by atoms with Crippen LogP contribution < -0.4 is 16.0 Å². The predicted molar refractivity (Wildman–Crippen MR) is 137 cm³/mol. The van der Waals surface area contributed by atoms with Gasteiger partial charge in [-0.15, -0.1) is 0 Å². The first-order valence-electron chi connectivity index (χ1n) is 14.1. The number of amides is 4. The summed E-state index contributed by atoms with van der Waals surface area (Å²) in [6.07, 6.45) is -0.253. The molecule has 3 N–H and O–H groups in total. The van der Waals surface area contributed by atoms with Crippen LogP contribution in [0.3, 0.4) is 0 Å². The largest absolute Gasteiger partial charge is 0.446 e. The lowest BCUT2D eigenvalue weighted by Crippen LogP contribution is -2.60. The number of nitrogens with one attached hydrogen (secondary N) is 3. The number of likely N-dealkylation sites (tertiary alicyclic amines) is 1. The number of rotatable bonds is 7. The number of alkyl carbamates (subject to hydrolysis) is 1. The van der Waals surface area contributed by atoms with E-state index in [0.717, 1.165) is 12.8 Å². The summed E-state index contributed by atoms with van der Waals surface area (Å²) >= 11 is 0. The lowest BCUT2D eigenvalue weighted by Gasteiger charge is -2.38. The van der Waals surface area contributed by atoms with Gasteiger partial charge in [-0.1, -0.05) is 34.6 Å². The fourth-order valence-electron chi connectivity index (χ4n) is 6.96. The highest BCUT2D eigenvalue weighted by atomic mass is 19.3. The number of carbonyl (C=O) groups excluding carboxylic acids is 4. The zero-order valence-corrected chi connectivity index (χ0v) is 23.7. The predicted octanol–water partition coefficient (Wildman–Crippen LogP) is 2.48. The summed E-state index contributed by atoms with van der Waals surface area (Å²) in [5.74, 6) is -4.26. The van der Waals surface area contributed by atoms with Crippen LogP contribution in [0.2, 0.25) is 0 Å². The Hall–Kier alpha value is -2.97. The maximum Gasteiger partial charge on any atom is 0.408 e.